The van der Waals surface area contributed by atoms with E-state index >= 15 is 0 Å². The van der Waals surface area contributed by atoms with Crippen LogP contribution in [0.4, 0.5) is 0 Å². The third kappa shape index (κ3) is 0.648. The number of thiophene rings is 1. The van der Waals surface area contributed by atoms with E-state index in [2.05, 4.69) is 0 Å². The van der Waals surface area contributed by atoms with E-state index in [1.165, 1.54) is 5.38 Å². The Hall–Kier alpha value is -0.700. The second-order valence-corrected chi connectivity index (χ2v) is 2.41. The van der Waals surface area contributed by atoms with Crippen molar-refractivity contribution in [2.75, 3.05) is 0 Å². The van der Waals surface area contributed by atoms with Crippen molar-refractivity contribution in [2.24, 2.45) is 0 Å². The van der Waals surface area contributed by atoms with Crippen LogP contribution in [-0.4, -0.2) is 10.2 Å². The minimum atomic E-state index is 0.174. The first-order valence-electron chi connectivity index (χ1n) is 2.18. The molecule has 2 N–H and O–H groups in total. The van der Waals surface area contributed by atoms with Gasteiger partial charge in [-0.3, -0.25) is 0 Å². The van der Waals surface area contributed by atoms with Crippen molar-refractivity contribution in [3.63, 3.8) is 0 Å². The van der Waals surface area contributed by atoms with E-state index in [9.17, 15) is 0 Å². The molecule has 0 aliphatic carbocycles. The largest absolute Gasteiger partial charge is 0.507 e. The van der Waals surface area contributed by atoms with Crippen LogP contribution in [0.3, 0.4) is 0 Å². The Morgan fingerprint density at radius 3 is 2.25 bits per heavy atom. The van der Waals surface area contributed by atoms with Gasteiger partial charge in [0.25, 0.3) is 0 Å². The molecular formula is C5H6O2S. The van der Waals surface area contributed by atoms with Crippen LogP contribution in [0, 0.1) is 6.92 Å². The highest BCUT2D eigenvalue weighted by Crippen LogP contribution is 2.32. The van der Waals surface area contributed by atoms with E-state index in [0.29, 0.717) is 5.56 Å². The SMILES string of the molecule is Cc1c(O)csc1O. The van der Waals surface area contributed by atoms with Gasteiger partial charge in [-0.25, -0.2) is 0 Å². The van der Waals surface area contributed by atoms with Crippen LogP contribution < -0.4 is 0 Å². The number of hydrogen-bond donors (Lipinski definition) is 2. The van der Waals surface area contributed by atoms with Crippen molar-refractivity contribution in [3.8, 4) is 10.8 Å². The molecule has 0 atom stereocenters. The van der Waals surface area contributed by atoms with Gasteiger partial charge in [-0.15, -0.1) is 11.3 Å². The minimum absolute atomic E-state index is 0.174. The monoisotopic (exact) mass is 130 g/mol. The molecule has 0 saturated heterocycles. The second-order valence-electron chi connectivity index (χ2n) is 1.55. The van der Waals surface area contributed by atoms with Crippen molar-refractivity contribution < 1.29 is 10.2 Å². The third-order valence-corrected chi connectivity index (χ3v) is 1.86. The Balaban J connectivity index is 3.19. The molecule has 0 bridgehead atoms. The van der Waals surface area contributed by atoms with Gasteiger partial charge < -0.3 is 10.2 Å². The average molecular weight is 130 g/mol. The Kier molecular flexibility index (Phi) is 1.13. The summed E-state index contributed by atoms with van der Waals surface area (Å²) in [5.74, 6) is 0.174. The third-order valence-electron chi connectivity index (χ3n) is 0.987. The Bertz CT molecular complexity index is 173. The molecule has 1 heterocycles. The van der Waals surface area contributed by atoms with E-state index in [1.807, 2.05) is 0 Å². The van der Waals surface area contributed by atoms with E-state index < -0.39 is 0 Å². The Morgan fingerprint density at radius 2 is 2.12 bits per heavy atom. The smallest absolute Gasteiger partial charge is 0.177 e. The van der Waals surface area contributed by atoms with Gasteiger partial charge in [-0.05, 0) is 6.92 Å². The fourth-order valence-corrected chi connectivity index (χ4v) is 1.08. The lowest BCUT2D eigenvalue weighted by Crippen LogP contribution is -1.61. The molecule has 1 aromatic rings. The summed E-state index contributed by atoms with van der Waals surface area (Å²) in [6.07, 6.45) is 0. The minimum Gasteiger partial charge on any atom is -0.507 e. The summed E-state index contributed by atoms with van der Waals surface area (Å²) in [4.78, 5) is 0. The van der Waals surface area contributed by atoms with Crippen LogP contribution in [0.5, 0.6) is 10.8 Å². The average Bonchev–Trinajstić information content (AvgIpc) is 1.98. The maximum absolute atomic E-state index is 8.80. The summed E-state index contributed by atoms with van der Waals surface area (Å²) in [5, 5.41) is 19.3. The molecule has 0 saturated carbocycles. The summed E-state index contributed by atoms with van der Waals surface area (Å²) in [5.41, 5.74) is 0.565. The summed E-state index contributed by atoms with van der Waals surface area (Å²) in [6.45, 7) is 1.67. The first-order valence-corrected chi connectivity index (χ1v) is 3.06. The maximum Gasteiger partial charge on any atom is 0.177 e. The standard InChI is InChI=1S/C5H6O2S/c1-3-4(6)2-8-5(3)7/h2,6-7H,1H3. The predicted molar refractivity (Wildman–Crippen MR) is 32.4 cm³/mol. The van der Waals surface area contributed by atoms with Gasteiger partial charge in [0.2, 0.25) is 0 Å². The molecule has 3 heteroatoms. The lowest BCUT2D eigenvalue weighted by Gasteiger charge is -1.84. The molecule has 0 radical (unpaired) electrons. The second kappa shape index (κ2) is 1.67. The van der Waals surface area contributed by atoms with Crippen molar-refractivity contribution in [2.45, 2.75) is 6.92 Å². The topological polar surface area (TPSA) is 40.5 Å². The molecule has 1 rings (SSSR count). The normalized spacial score (nSPS) is 9.62. The van der Waals surface area contributed by atoms with Gasteiger partial charge >= 0.3 is 0 Å². The van der Waals surface area contributed by atoms with Gasteiger partial charge in [0.05, 0.1) is 0 Å². The van der Waals surface area contributed by atoms with Crippen LogP contribution in [-0.2, 0) is 0 Å². The van der Waals surface area contributed by atoms with E-state index in [0.717, 1.165) is 11.3 Å². The van der Waals surface area contributed by atoms with Gasteiger partial charge in [0.15, 0.2) is 5.06 Å². The lowest BCUT2D eigenvalue weighted by atomic mass is 10.3. The van der Waals surface area contributed by atoms with Gasteiger partial charge in [-0.1, -0.05) is 0 Å². The lowest BCUT2D eigenvalue weighted by molar-refractivity contribution is 0.457. The Morgan fingerprint density at radius 1 is 1.50 bits per heavy atom. The summed E-state index contributed by atoms with van der Waals surface area (Å²) in [7, 11) is 0. The molecule has 8 heavy (non-hydrogen) atoms. The number of hydrogen-bond acceptors (Lipinski definition) is 3. The highest BCUT2D eigenvalue weighted by atomic mass is 32.1. The predicted octanol–water partition coefficient (Wildman–Crippen LogP) is 1.47. The van der Waals surface area contributed by atoms with Crippen molar-refractivity contribution in [1.82, 2.24) is 0 Å². The van der Waals surface area contributed by atoms with E-state index in [4.69, 9.17) is 10.2 Å². The highest BCUT2D eigenvalue weighted by Gasteiger charge is 2.01. The molecule has 44 valence electrons. The molecular weight excluding hydrogens is 124 g/mol. The molecule has 0 unspecified atom stereocenters. The van der Waals surface area contributed by atoms with Gasteiger partial charge in [-0.2, -0.15) is 0 Å². The highest BCUT2D eigenvalue weighted by molar-refractivity contribution is 7.12. The van der Waals surface area contributed by atoms with Crippen LogP contribution in [0.1, 0.15) is 5.56 Å². The summed E-state index contributed by atoms with van der Waals surface area (Å²) >= 11 is 1.14. The molecule has 0 spiro atoms. The van der Waals surface area contributed by atoms with Crippen molar-refractivity contribution >= 4 is 11.3 Å². The van der Waals surface area contributed by atoms with Crippen molar-refractivity contribution in [3.05, 3.63) is 10.9 Å². The zero-order valence-corrected chi connectivity index (χ0v) is 5.20. The molecule has 0 aliphatic heterocycles. The molecule has 0 aliphatic rings. The fourth-order valence-electron chi connectivity index (χ4n) is 0.398. The van der Waals surface area contributed by atoms with E-state index in [-0.39, 0.29) is 10.8 Å². The summed E-state index contributed by atoms with van der Waals surface area (Å²) in [6, 6.07) is 0. The first kappa shape index (κ1) is 5.44. The molecule has 1 aromatic heterocycles. The van der Waals surface area contributed by atoms with Gasteiger partial charge in [0.1, 0.15) is 5.75 Å². The molecule has 2 nitrogen and oxygen atoms in total. The fraction of sp³-hybridized carbons (Fsp3) is 0.200. The maximum atomic E-state index is 8.80. The van der Waals surface area contributed by atoms with Crippen LogP contribution >= 0.6 is 11.3 Å². The molecule has 0 aromatic carbocycles. The van der Waals surface area contributed by atoms with E-state index in [1.54, 1.807) is 6.92 Å². The summed E-state index contributed by atoms with van der Waals surface area (Å²) < 4.78 is 0. The van der Waals surface area contributed by atoms with Crippen LogP contribution in [0.2, 0.25) is 0 Å². The number of aromatic hydroxyl groups is 2. The zero-order chi connectivity index (χ0) is 6.15. The molecule has 0 amide bonds. The number of rotatable bonds is 0. The van der Waals surface area contributed by atoms with Crippen LogP contribution in [0.25, 0.3) is 0 Å². The molecule has 0 fully saturated rings. The quantitative estimate of drug-likeness (QED) is 0.558. The first-order chi connectivity index (χ1) is 3.72. The van der Waals surface area contributed by atoms with Gasteiger partial charge in [0, 0.05) is 10.9 Å². The zero-order valence-electron chi connectivity index (χ0n) is 4.38. The Labute approximate surface area is 51.0 Å². The van der Waals surface area contributed by atoms with Crippen LogP contribution in [0.15, 0.2) is 5.38 Å². The van der Waals surface area contributed by atoms with Crippen molar-refractivity contribution in [1.29, 1.82) is 0 Å².